The summed E-state index contributed by atoms with van der Waals surface area (Å²) in [6.07, 6.45) is 0.835. The largest absolute Gasteiger partial charge is 0.356 e. The molecule has 28 heavy (non-hydrogen) atoms. The Balaban J connectivity index is 1.67. The first-order valence-electron chi connectivity index (χ1n) is 9.43. The molecule has 0 saturated heterocycles. The highest BCUT2D eigenvalue weighted by Gasteiger charge is 2.34. The van der Waals surface area contributed by atoms with Crippen molar-refractivity contribution in [3.63, 3.8) is 0 Å². The zero-order chi connectivity index (χ0) is 19.1. The summed E-state index contributed by atoms with van der Waals surface area (Å²) in [5, 5.41) is 1.93. The minimum atomic E-state index is -0.166. The van der Waals surface area contributed by atoms with Crippen LogP contribution in [0.5, 0.6) is 0 Å². The van der Waals surface area contributed by atoms with Gasteiger partial charge in [-0.05, 0) is 47.9 Å². The summed E-state index contributed by atoms with van der Waals surface area (Å²) in [5.41, 5.74) is 5.27. The molecule has 1 N–H and O–H groups in total. The number of carbonyl (C=O) groups excluding carboxylic acids is 1. The van der Waals surface area contributed by atoms with Gasteiger partial charge in [-0.2, -0.15) is 0 Å². The molecule has 0 fully saturated rings. The molecule has 1 aromatic heterocycles. The van der Waals surface area contributed by atoms with E-state index in [1.807, 2.05) is 65.6 Å². The first kappa shape index (κ1) is 17.1. The standard InChI is InChI=1S/C24H19ClN2O/c25-18-12-10-16(11-13-18)23-22-20(19-8-4-5-9-21(19)26-22)14-15-27(23)24(28)17-6-2-1-3-7-17/h1-13,23,26H,14-15H2/t23-/m0/s1. The van der Waals surface area contributed by atoms with Gasteiger partial charge in [-0.25, -0.2) is 0 Å². The fraction of sp³-hybridized carbons (Fsp3) is 0.125. The third-order valence-electron chi connectivity index (χ3n) is 5.50. The first-order valence-corrected chi connectivity index (χ1v) is 9.81. The van der Waals surface area contributed by atoms with Crippen molar-refractivity contribution in [3.05, 3.63) is 106 Å². The molecule has 1 aliphatic rings. The van der Waals surface area contributed by atoms with E-state index in [1.54, 1.807) is 0 Å². The molecule has 4 aromatic rings. The normalized spacial score (nSPS) is 16.2. The molecule has 3 nitrogen and oxygen atoms in total. The van der Waals surface area contributed by atoms with Crippen LogP contribution >= 0.6 is 11.6 Å². The van der Waals surface area contributed by atoms with Gasteiger partial charge in [0.15, 0.2) is 0 Å². The van der Waals surface area contributed by atoms with Crippen molar-refractivity contribution in [2.24, 2.45) is 0 Å². The topological polar surface area (TPSA) is 36.1 Å². The lowest BCUT2D eigenvalue weighted by Gasteiger charge is -2.36. The number of benzene rings is 3. The Labute approximate surface area is 168 Å². The third kappa shape index (κ3) is 2.79. The summed E-state index contributed by atoms with van der Waals surface area (Å²) in [4.78, 5) is 18.9. The van der Waals surface area contributed by atoms with Crippen molar-refractivity contribution < 1.29 is 4.79 Å². The molecule has 0 bridgehead atoms. The highest BCUT2D eigenvalue weighted by molar-refractivity contribution is 6.30. The molecule has 0 radical (unpaired) electrons. The van der Waals surface area contributed by atoms with Crippen LogP contribution in [0, 0.1) is 0 Å². The molecular weight excluding hydrogens is 368 g/mol. The third-order valence-corrected chi connectivity index (χ3v) is 5.75. The second kappa shape index (κ2) is 6.84. The minimum Gasteiger partial charge on any atom is -0.356 e. The van der Waals surface area contributed by atoms with Crippen LogP contribution in [0.25, 0.3) is 10.9 Å². The summed E-state index contributed by atoms with van der Waals surface area (Å²) in [6, 6.07) is 25.5. The molecule has 0 aliphatic carbocycles. The van der Waals surface area contributed by atoms with Gasteiger partial charge in [-0.1, -0.05) is 60.1 Å². The number of aromatic nitrogens is 1. The van der Waals surface area contributed by atoms with Crippen molar-refractivity contribution in [2.45, 2.75) is 12.5 Å². The number of nitrogens with one attached hydrogen (secondary N) is 1. The summed E-state index contributed by atoms with van der Waals surface area (Å²) in [7, 11) is 0. The Bertz CT molecular complexity index is 1150. The summed E-state index contributed by atoms with van der Waals surface area (Å²) >= 11 is 6.12. The zero-order valence-corrected chi connectivity index (χ0v) is 16.0. The lowest BCUT2D eigenvalue weighted by atomic mass is 9.91. The van der Waals surface area contributed by atoms with E-state index < -0.39 is 0 Å². The van der Waals surface area contributed by atoms with E-state index in [4.69, 9.17) is 11.6 Å². The van der Waals surface area contributed by atoms with Crippen LogP contribution in [-0.4, -0.2) is 22.3 Å². The number of rotatable bonds is 2. The van der Waals surface area contributed by atoms with Crippen molar-refractivity contribution in [1.82, 2.24) is 9.88 Å². The number of aromatic amines is 1. The predicted molar refractivity (Wildman–Crippen MR) is 113 cm³/mol. The van der Waals surface area contributed by atoms with Crippen LogP contribution in [0.1, 0.15) is 33.2 Å². The fourth-order valence-electron chi connectivity index (χ4n) is 4.20. The van der Waals surface area contributed by atoms with Crippen LogP contribution in [0.3, 0.4) is 0 Å². The van der Waals surface area contributed by atoms with Gasteiger partial charge in [0.1, 0.15) is 0 Å². The van der Waals surface area contributed by atoms with Gasteiger partial charge in [0.2, 0.25) is 0 Å². The van der Waals surface area contributed by atoms with Crippen LogP contribution < -0.4 is 0 Å². The predicted octanol–water partition coefficient (Wildman–Crippen LogP) is 5.61. The number of carbonyl (C=O) groups is 1. The maximum atomic E-state index is 13.4. The van der Waals surface area contributed by atoms with Crippen molar-refractivity contribution >= 4 is 28.4 Å². The monoisotopic (exact) mass is 386 g/mol. The maximum Gasteiger partial charge on any atom is 0.254 e. The van der Waals surface area contributed by atoms with E-state index in [0.29, 0.717) is 17.1 Å². The lowest BCUT2D eigenvalue weighted by Crippen LogP contribution is -2.40. The number of H-pyrrole nitrogens is 1. The molecule has 0 unspecified atom stereocenters. The maximum absolute atomic E-state index is 13.4. The fourth-order valence-corrected chi connectivity index (χ4v) is 4.32. The highest BCUT2D eigenvalue weighted by Crippen LogP contribution is 2.39. The Morgan fingerprint density at radius 3 is 2.43 bits per heavy atom. The quantitative estimate of drug-likeness (QED) is 0.477. The summed E-state index contributed by atoms with van der Waals surface area (Å²) in [6.45, 7) is 0.676. The first-order chi connectivity index (χ1) is 13.7. The molecule has 138 valence electrons. The van der Waals surface area contributed by atoms with Gasteiger partial charge >= 0.3 is 0 Å². The van der Waals surface area contributed by atoms with Crippen molar-refractivity contribution in [1.29, 1.82) is 0 Å². The number of halogens is 1. The Morgan fingerprint density at radius 1 is 0.929 bits per heavy atom. The van der Waals surface area contributed by atoms with Crippen molar-refractivity contribution in [3.8, 4) is 0 Å². The number of hydrogen-bond acceptors (Lipinski definition) is 1. The molecule has 1 atom stereocenters. The average molecular weight is 387 g/mol. The molecule has 3 aromatic carbocycles. The van der Waals surface area contributed by atoms with Crippen LogP contribution in [0.15, 0.2) is 78.9 Å². The number of fused-ring (bicyclic) bond motifs is 3. The number of para-hydroxylation sites is 1. The van der Waals surface area contributed by atoms with Gasteiger partial charge in [-0.15, -0.1) is 0 Å². The van der Waals surface area contributed by atoms with Crippen LogP contribution in [0.4, 0.5) is 0 Å². The molecule has 4 heteroatoms. The van der Waals surface area contributed by atoms with Gasteiger partial charge < -0.3 is 9.88 Å². The Hall–Kier alpha value is -3.04. The SMILES string of the molecule is O=C(c1ccccc1)N1CCc2c([nH]c3ccccc23)[C@@H]1c1ccc(Cl)cc1. The van der Waals surface area contributed by atoms with E-state index >= 15 is 0 Å². The van der Waals surface area contributed by atoms with E-state index in [0.717, 1.165) is 23.2 Å². The second-order valence-electron chi connectivity index (χ2n) is 7.13. The minimum absolute atomic E-state index is 0.0462. The Kier molecular flexibility index (Phi) is 4.18. The number of amides is 1. The van der Waals surface area contributed by atoms with Crippen LogP contribution in [0.2, 0.25) is 5.02 Å². The summed E-state index contributed by atoms with van der Waals surface area (Å²) in [5.74, 6) is 0.0462. The van der Waals surface area contributed by atoms with E-state index in [2.05, 4.69) is 23.2 Å². The molecular formula is C24H19ClN2O. The van der Waals surface area contributed by atoms with Crippen LogP contribution in [-0.2, 0) is 6.42 Å². The average Bonchev–Trinajstić information content (AvgIpc) is 3.13. The molecule has 0 saturated carbocycles. The van der Waals surface area contributed by atoms with Crippen molar-refractivity contribution in [2.75, 3.05) is 6.54 Å². The molecule has 1 aliphatic heterocycles. The van der Waals surface area contributed by atoms with E-state index in [1.165, 1.54) is 10.9 Å². The zero-order valence-electron chi connectivity index (χ0n) is 15.2. The van der Waals surface area contributed by atoms with Gasteiger partial charge in [0.25, 0.3) is 5.91 Å². The number of nitrogens with zero attached hydrogens (tertiary/aromatic N) is 1. The van der Waals surface area contributed by atoms with E-state index in [-0.39, 0.29) is 11.9 Å². The second-order valence-corrected chi connectivity index (χ2v) is 7.57. The van der Waals surface area contributed by atoms with Gasteiger partial charge in [-0.3, -0.25) is 4.79 Å². The van der Waals surface area contributed by atoms with E-state index in [9.17, 15) is 4.79 Å². The smallest absolute Gasteiger partial charge is 0.254 e. The molecule has 0 spiro atoms. The summed E-state index contributed by atoms with van der Waals surface area (Å²) < 4.78 is 0. The lowest BCUT2D eigenvalue weighted by molar-refractivity contribution is 0.0692. The highest BCUT2D eigenvalue weighted by atomic mass is 35.5. The molecule has 1 amide bonds. The van der Waals surface area contributed by atoms with Gasteiger partial charge in [0, 0.05) is 33.7 Å². The molecule has 5 rings (SSSR count). The molecule has 2 heterocycles. The Morgan fingerprint density at radius 2 is 1.64 bits per heavy atom. The van der Waals surface area contributed by atoms with Gasteiger partial charge in [0.05, 0.1) is 6.04 Å². The number of hydrogen-bond donors (Lipinski definition) is 1.